The number of ether oxygens (including phenoxy) is 1. The van der Waals surface area contributed by atoms with Crippen molar-refractivity contribution in [2.75, 3.05) is 18.1 Å². The molecule has 166 valence electrons. The van der Waals surface area contributed by atoms with Crippen LogP contribution >= 0.6 is 23.6 Å². The second-order valence-electron chi connectivity index (χ2n) is 7.15. The number of amides is 3. The molecule has 0 aliphatic carbocycles. The quantitative estimate of drug-likeness (QED) is 0.300. The summed E-state index contributed by atoms with van der Waals surface area (Å²) in [5, 5.41) is 1.62. The number of hydrogen-bond donors (Lipinski definition) is 0. The first-order valence-electron chi connectivity index (χ1n) is 9.99. The summed E-state index contributed by atoms with van der Waals surface area (Å²) < 4.78 is 5.65. The van der Waals surface area contributed by atoms with E-state index in [1.54, 1.807) is 66.0 Å². The molecule has 2 heterocycles. The highest BCUT2D eigenvalue weighted by Crippen LogP contribution is 2.24. The molecule has 3 amide bonds. The highest BCUT2D eigenvalue weighted by atomic mass is 32.1. The molecule has 0 saturated heterocycles. The van der Waals surface area contributed by atoms with Crippen LogP contribution in [0.25, 0.3) is 0 Å². The van der Waals surface area contributed by atoms with Crippen LogP contribution in [0.2, 0.25) is 0 Å². The molecule has 4 rings (SSSR count). The third-order valence-electron chi connectivity index (χ3n) is 5.05. The van der Waals surface area contributed by atoms with E-state index in [1.807, 2.05) is 0 Å². The van der Waals surface area contributed by atoms with Crippen molar-refractivity contribution in [2.45, 2.75) is 6.92 Å². The zero-order valence-corrected chi connectivity index (χ0v) is 19.2. The second-order valence-corrected chi connectivity index (χ2v) is 8.44. The smallest absolute Gasteiger partial charge is 0.275 e. The van der Waals surface area contributed by atoms with Crippen LogP contribution in [-0.4, -0.2) is 46.7 Å². The summed E-state index contributed by atoms with van der Waals surface area (Å²) in [4.78, 5) is 52.8. The van der Waals surface area contributed by atoms with E-state index in [9.17, 15) is 19.2 Å². The molecule has 1 aliphatic rings. The van der Waals surface area contributed by atoms with Gasteiger partial charge < -0.3 is 4.74 Å². The minimum atomic E-state index is -0.406. The molecule has 2 aromatic carbocycles. The maximum atomic E-state index is 13.2. The Hall–Kier alpha value is -3.69. The Kier molecular flexibility index (Phi) is 6.43. The molecular weight excluding hydrogens is 460 g/mol. The summed E-state index contributed by atoms with van der Waals surface area (Å²) in [5.74, 6) is -1.36. The van der Waals surface area contributed by atoms with Crippen LogP contribution in [0.4, 0.5) is 5.69 Å². The summed E-state index contributed by atoms with van der Waals surface area (Å²) >= 11 is 6.65. The maximum Gasteiger partial charge on any atom is 0.275 e. The van der Waals surface area contributed by atoms with Crippen molar-refractivity contribution in [1.82, 2.24) is 4.90 Å². The lowest BCUT2D eigenvalue weighted by molar-refractivity contribution is 0.0627. The Labute approximate surface area is 199 Å². The van der Waals surface area contributed by atoms with Crippen molar-refractivity contribution in [2.24, 2.45) is 0 Å². The van der Waals surface area contributed by atoms with Gasteiger partial charge in [-0.3, -0.25) is 24.1 Å². The molecule has 0 bridgehead atoms. The topological polar surface area (TPSA) is 84.0 Å². The molecule has 0 fully saturated rings. The molecule has 1 aliphatic heterocycles. The summed E-state index contributed by atoms with van der Waals surface area (Å²) in [7, 11) is 0. The van der Waals surface area contributed by atoms with Gasteiger partial charge in [-0.15, -0.1) is 11.3 Å². The Balaban J connectivity index is 1.51. The van der Waals surface area contributed by atoms with Gasteiger partial charge in [-0.2, -0.15) is 0 Å². The maximum absolute atomic E-state index is 13.2. The van der Waals surface area contributed by atoms with E-state index in [1.165, 1.54) is 23.2 Å². The number of fused-ring (bicyclic) bond motifs is 1. The zero-order valence-electron chi connectivity index (χ0n) is 17.5. The average molecular weight is 479 g/mol. The van der Waals surface area contributed by atoms with E-state index < -0.39 is 17.7 Å². The van der Waals surface area contributed by atoms with Crippen molar-refractivity contribution >= 4 is 57.9 Å². The molecule has 0 atom stereocenters. The summed E-state index contributed by atoms with van der Waals surface area (Å²) in [5.41, 5.74) is 1.50. The summed E-state index contributed by atoms with van der Waals surface area (Å²) in [6.45, 7) is 1.31. The first kappa shape index (κ1) is 22.5. The number of ketones is 1. The van der Waals surface area contributed by atoms with Gasteiger partial charge in [0.2, 0.25) is 0 Å². The van der Waals surface area contributed by atoms with E-state index in [0.717, 1.165) is 4.90 Å². The van der Waals surface area contributed by atoms with Gasteiger partial charge in [0.05, 0.1) is 28.2 Å². The summed E-state index contributed by atoms with van der Waals surface area (Å²) in [6.07, 6.45) is 0. The van der Waals surface area contributed by atoms with Crippen LogP contribution in [0, 0.1) is 0 Å². The number of nitrogens with zero attached hydrogens (tertiary/aromatic N) is 2. The van der Waals surface area contributed by atoms with Gasteiger partial charge in [0, 0.05) is 5.56 Å². The summed E-state index contributed by atoms with van der Waals surface area (Å²) in [6, 6.07) is 16.5. The predicted molar refractivity (Wildman–Crippen MR) is 128 cm³/mol. The fourth-order valence-electron chi connectivity index (χ4n) is 3.41. The molecule has 1 aromatic heterocycles. The molecule has 0 saturated carbocycles. The Bertz CT molecular complexity index is 1230. The second kappa shape index (κ2) is 9.43. The molecule has 0 N–H and O–H groups in total. The molecule has 33 heavy (non-hydrogen) atoms. The van der Waals surface area contributed by atoms with Crippen molar-refractivity contribution < 1.29 is 23.9 Å². The molecular formula is C24H18N2O5S2. The fourth-order valence-corrected chi connectivity index (χ4v) is 4.34. The number of carbonyl (C=O) groups is 4. The van der Waals surface area contributed by atoms with E-state index in [4.69, 9.17) is 17.0 Å². The number of imide groups is 1. The molecule has 3 aromatic rings. The normalized spacial score (nSPS) is 12.5. The lowest BCUT2D eigenvalue weighted by Gasteiger charge is -2.24. The number of carbonyl (C=O) groups excluding carboxylic acids is 4. The first-order chi connectivity index (χ1) is 15.9. The minimum absolute atomic E-state index is 0.0268. The lowest BCUT2D eigenvalue weighted by atomic mass is 10.1. The largest absolute Gasteiger partial charge is 0.468 e. The average Bonchev–Trinajstić information content (AvgIpc) is 3.43. The third-order valence-corrected chi connectivity index (χ3v) is 6.21. The minimum Gasteiger partial charge on any atom is -0.468 e. The highest BCUT2D eigenvalue weighted by molar-refractivity contribution is 7.80. The number of hydrogen-bond acceptors (Lipinski definition) is 7. The van der Waals surface area contributed by atoms with E-state index in [2.05, 4.69) is 0 Å². The van der Waals surface area contributed by atoms with Gasteiger partial charge in [0.1, 0.15) is 6.61 Å². The molecule has 0 spiro atoms. The third kappa shape index (κ3) is 4.46. The van der Waals surface area contributed by atoms with Gasteiger partial charge in [-0.25, -0.2) is 4.90 Å². The molecule has 0 unspecified atom stereocenters. The van der Waals surface area contributed by atoms with Crippen LogP contribution in [-0.2, 0) is 4.74 Å². The van der Waals surface area contributed by atoms with Crippen LogP contribution in [0.15, 0.2) is 66.0 Å². The first-order valence-corrected chi connectivity index (χ1v) is 11.3. The van der Waals surface area contributed by atoms with Crippen molar-refractivity contribution in [3.05, 3.63) is 87.6 Å². The van der Waals surface area contributed by atoms with E-state index in [-0.39, 0.29) is 24.1 Å². The zero-order chi connectivity index (χ0) is 23.5. The molecule has 7 nitrogen and oxygen atoms in total. The van der Waals surface area contributed by atoms with Gasteiger partial charge in [-0.05, 0) is 54.9 Å². The number of rotatable bonds is 6. The number of thiocarbonyl (C=S) groups is 1. The molecule has 9 heteroatoms. The van der Waals surface area contributed by atoms with Gasteiger partial charge >= 0.3 is 0 Å². The van der Waals surface area contributed by atoms with Crippen LogP contribution in [0.1, 0.15) is 47.7 Å². The number of Topliss-reactive ketones (excluding diaryl/α,β-unsaturated/α-hetero) is 1. The Morgan fingerprint density at radius 1 is 1.00 bits per heavy atom. The SMILES string of the molecule is CC(=O)c1cccc(N(C(=O)c2cccs2)C(=S)OCCN2C(=O)c3ccccc3C2=O)c1. The van der Waals surface area contributed by atoms with Crippen molar-refractivity contribution in [3.8, 4) is 0 Å². The van der Waals surface area contributed by atoms with E-state index in [0.29, 0.717) is 27.3 Å². The number of benzene rings is 2. The Morgan fingerprint density at radius 2 is 1.70 bits per heavy atom. The van der Waals surface area contributed by atoms with Crippen molar-refractivity contribution in [1.29, 1.82) is 0 Å². The number of thiophene rings is 1. The van der Waals surface area contributed by atoms with E-state index >= 15 is 0 Å². The monoisotopic (exact) mass is 478 g/mol. The van der Waals surface area contributed by atoms with Crippen molar-refractivity contribution in [3.63, 3.8) is 0 Å². The lowest BCUT2D eigenvalue weighted by Crippen LogP contribution is -2.39. The van der Waals surface area contributed by atoms with Crippen LogP contribution in [0.5, 0.6) is 0 Å². The van der Waals surface area contributed by atoms with Crippen LogP contribution < -0.4 is 4.90 Å². The fraction of sp³-hybridized carbons (Fsp3) is 0.125. The Morgan fingerprint density at radius 3 is 2.30 bits per heavy atom. The van der Waals surface area contributed by atoms with Gasteiger partial charge in [-0.1, -0.05) is 30.3 Å². The predicted octanol–water partition coefficient (Wildman–Crippen LogP) is 4.20. The molecule has 0 radical (unpaired) electrons. The number of anilines is 1. The van der Waals surface area contributed by atoms with Crippen LogP contribution in [0.3, 0.4) is 0 Å². The standard InChI is InChI=1S/C24H18N2O5S2/c1-15(27)16-6-4-7-17(14-16)26(23(30)20-10-5-13-33-20)24(32)31-12-11-25-21(28)18-8-2-3-9-19(18)22(25)29/h2-10,13-14H,11-12H2,1H3. The van der Waals surface area contributed by atoms with Gasteiger partial charge in [0.15, 0.2) is 5.78 Å². The highest BCUT2D eigenvalue weighted by Gasteiger charge is 2.35. The van der Waals surface area contributed by atoms with Gasteiger partial charge in [0.25, 0.3) is 22.9 Å².